The van der Waals surface area contributed by atoms with E-state index in [0.717, 1.165) is 18.1 Å². The molecule has 0 radical (unpaired) electrons. The number of carboxylic acid groups (broad SMARTS) is 1. The molecule has 238 valence electrons. The Morgan fingerprint density at radius 1 is 1.05 bits per heavy atom. The Hall–Kier alpha value is -4.21. The van der Waals surface area contributed by atoms with Gasteiger partial charge in [0.15, 0.2) is 0 Å². The number of nitrogens with one attached hydrogen (secondary N) is 3. The second kappa shape index (κ2) is 16.0. The van der Waals surface area contributed by atoms with E-state index >= 15 is 0 Å². The van der Waals surface area contributed by atoms with Gasteiger partial charge in [0.1, 0.15) is 25.1 Å². The maximum absolute atomic E-state index is 12.7. The number of amides is 3. The molecule has 3 rings (SSSR count). The molecule has 3 amide bonds. The lowest BCUT2D eigenvalue weighted by molar-refractivity contribution is -0.308. The van der Waals surface area contributed by atoms with E-state index in [4.69, 9.17) is 9.47 Å². The van der Waals surface area contributed by atoms with Crippen molar-refractivity contribution in [3.63, 3.8) is 0 Å². The fourth-order valence-corrected chi connectivity index (χ4v) is 4.68. The Labute approximate surface area is 253 Å². The number of aliphatic carboxylic acids is 1. The number of ether oxygens (including phenoxy) is 2. The minimum atomic E-state index is -2.64. The van der Waals surface area contributed by atoms with Crippen LogP contribution in [0.4, 0.5) is 0 Å². The standard InChI is InChI=1S/C30H37N3O11/c1-18(35)33-25-22(36)15-30(29(41)42,43-17-24(38)31-13-5-6-14-34)44-27(25)26(39)23(37)16-32-28(40)21-11-9-20(10-12-21)19-7-3-2-4-8-19/h2-4,7-12,14,22-23,25-27,36-37,39H,5-6,13,15-17H2,1H3,(H,31,38)(H,32,40)(H,33,35)(H,41,42)/t22?,23-,25-,26?,27-,30-/m1/s1. The summed E-state index contributed by atoms with van der Waals surface area (Å²) in [5.74, 6) is -6.30. The predicted octanol–water partition coefficient (Wildman–Crippen LogP) is -0.647. The molecule has 2 aromatic rings. The van der Waals surface area contributed by atoms with Gasteiger partial charge in [-0.05, 0) is 29.7 Å². The molecule has 1 heterocycles. The number of aliphatic hydroxyl groups excluding tert-OH is 3. The lowest BCUT2D eigenvalue weighted by Gasteiger charge is -2.46. The number of aliphatic hydroxyl groups is 3. The Bertz CT molecular complexity index is 1290. The average Bonchev–Trinajstić information content (AvgIpc) is 3.01. The SMILES string of the molecule is CC(=O)N[C@@H]1C(O)C[C@](OCC(=O)NCCCC=O)(C(=O)O)O[C@H]1C(O)[C@H](O)CNC(=O)c1ccc(-c2ccccc2)cc1. The van der Waals surface area contributed by atoms with Crippen LogP contribution in [0.25, 0.3) is 11.1 Å². The Balaban J connectivity index is 1.69. The highest BCUT2D eigenvalue weighted by Crippen LogP contribution is 2.33. The van der Waals surface area contributed by atoms with Crippen molar-refractivity contribution >= 4 is 30.0 Å². The number of aldehydes is 1. The molecule has 0 spiro atoms. The number of carbonyl (C=O) groups excluding carboxylic acids is 4. The summed E-state index contributed by atoms with van der Waals surface area (Å²) in [6, 6.07) is 14.8. The second-order valence-corrected chi connectivity index (χ2v) is 10.3. The van der Waals surface area contributed by atoms with Crippen molar-refractivity contribution in [2.45, 2.75) is 62.4 Å². The molecule has 1 fully saturated rings. The summed E-state index contributed by atoms with van der Waals surface area (Å²) >= 11 is 0. The minimum absolute atomic E-state index is 0.130. The summed E-state index contributed by atoms with van der Waals surface area (Å²) in [5.41, 5.74) is 2.11. The fourth-order valence-electron chi connectivity index (χ4n) is 4.68. The number of unbranched alkanes of at least 4 members (excludes halogenated alkanes) is 1. The molecule has 1 aliphatic rings. The molecule has 1 saturated heterocycles. The molecule has 14 nitrogen and oxygen atoms in total. The monoisotopic (exact) mass is 615 g/mol. The Morgan fingerprint density at radius 3 is 2.32 bits per heavy atom. The van der Waals surface area contributed by atoms with Crippen LogP contribution in [-0.4, -0.2) is 106 Å². The maximum Gasteiger partial charge on any atom is 0.364 e. The van der Waals surface area contributed by atoms with Gasteiger partial charge in [-0.25, -0.2) is 4.79 Å². The molecule has 2 aromatic carbocycles. The number of rotatable bonds is 15. The number of hydrogen-bond donors (Lipinski definition) is 7. The molecule has 44 heavy (non-hydrogen) atoms. The highest BCUT2D eigenvalue weighted by molar-refractivity contribution is 5.94. The molecule has 0 aliphatic carbocycles. The van der Waals surface area contributed by atoms with Gasteiger partial charge in [0.25, 0.3) is 11.7 Å². The van der Waals surface area contributed by atoms with Crippen LogP contribution >= 0.6 is 0 Å². The van der Waals surface area contributed by atoms with Gasteiger partial charge in [0, 0.05) is 38.4 Å². The smallest absolute Gasteiger partial charge is 0.364 e. The largest absolute Gasteiger partial charge is 0.477 e. The molecule has 0 bridgehead atoms. The first kappa shape index (κ1) is 34.3. The van der Waals surface area contributed by atoms with Crippen LogP contribution in [0.2, 0.25) is 0 Å². The zero-order valence-corrected chi connectivity index (χ0v) is 24.0. The van der Waals surface area contributed by atoms with Crippen LogP contribution in [0.3, 0.4) is 0 Å². The molecule has 0 saturated carbocycles. The van der Waals surface area contributed by atoms with Gasteiger partial charge >= 0.3 is 5.97 Å². The van der Waals surface area contributed by atoms with Crippen molar-refractivity contribution in [1.29, 1.82) is 0 Å². The summed E-state index contributed by atoms with van der Waals surface area (Å²) in [4.78, 5) is 59.4. The van der Waals surface area contributed by atoms with Gasteiger partial charge in [-0.15, -0.1) is 0 Å². The summed E-state index contributed by atoms with van der Waals surface area (Å²) in [6.45, 7) is -0.0609. The molecule has 2 unspecified atom stereocenters. The van der Waals surface area contributed by atoms with Gasteiger partial charge in [-0.1, -0.05) is 42.5 Å². The summed E-state index contributed by atoms with van der Waals surface area (Å²) in [5, 5.41) is 49.8. The highest BCUT2D eigenvalue weighted by atomic mass is 16.7. The summed E-state index contributed by atoms with van der Waals surface area (Å²) in [7, 11) is 0. The van der Waals surface area contributed by atoms with Crippen LogP contribution in [0.15, 0.2) is 54.6 Å². The van der Waals surface area contributed by atoms with E-state index in [1.54, 1.807) is 24.3 Å². The van der Waals surface area contributed by atoms with E-state index in [9.17, 15) is 44.4 Å². The molecule has 7 N–H and O–H groups in total. The van der Waals surface area contributed by atoms with Gasteiger partial charge in [-0.2, -0.15) is 0 Å². The van der Waals surface area contributed by atoms with Crippen LogP contribution in [-0.2, 0) is 28.7 Å². The fraction of sp³-hybridized carbons (Fsp3) is 0.433. The van der Waals surface area contributed by atoms with Crippen LogP contribution in [0.1, 0.15) is 36.5 Å². The van der Waals surface area contributed by atoms with E-state index in [1.165, 1.54) is 0 Å². The van der Waals surface area contributed by atoms with Crippen molar-refractivity contribution in [2.75, 3.05) is 19.7 Å². The van der Waals surface area contributed by atoms with E-state index in [2.05, 4.69) is 16.0 Å². The first-order valence-corrected chi connectivity index (χ1v) is 14.0. The topological polar surface area (TPSA) is 221 Å². The van der Waals surface area contributed by atoms with Crippen molar-refractivity contribution in [2.24, 2.45) is 0 Å². The predicted molar refractivity (Wildman–Crippen MR) is 154 cm³/mol. The quantitative estimate of drug-likeness (QED) is 0.0986. The number of carboxylic acids is 1. The maximum atomic E-state index is 12.7. The van der Waals surface area contributed by atoms with Crippen LogP contribution in [0.5, 0.6) is 0 Å². The Morgan fingerprint density at radius 2 is 1.70 bits per heavy atom. The van der Waals surface area contributed by atoms with E-state index in [1.807, 2.05) is 30.3 Å². The highest BCUT2D eigenvalue weighted by Gasteiger charge is 2.56. The second-order valence-electron chi connectivity index (χ2n) is 10.3. The van der Waals surface area contributed by atoms with E-state index in [-0.39, 0.29) is 18.5 Å². The molecule has 1 aliphatic heterocycles. The summed E-state index contributed by atoms with van der Waals surface area (Å²) < 4.78 is 10.9. The molecule has 14 heteroatoms. The Kier molecular flexibility index (Phi) is 12.5. The minimum Gasteiger partial charge on any atom is -0.477 e. The lowest BCUT2D eigenvalue weighted by Crippen LogP contribution is -2.68. The normalized spacial score (nSPS) is 22.7. The number of benzene rings is 2. The van der Waals surface area contributed by atoms with Gasteiger partial charge in [0.2, 0.25) is 11.8 Å². The van der Waals surface area contributed by atoms with Gasteiger partial charge in [0.05, 0.1) is 18.2 Å². The molecule has 6 atom stereocenters. The number of carbonyl (C=O) groups is 5. The van der Waals surface area contributed by atoms with Crippen LogP contribution < -0.4 is 16.0 Å². The first-order valence-electron chi connectivity index (χ1n) is 14.0. The summed E-state index contributed by atoms with van der Waals surface area (Å²) in [6.07, 6.45) is -6.57. The zero-order valence-electron chi connectivity index (χ0n) is 24.0. The van der Waals surface area contributed by atoms with Gasteiger partial charge in [-0.3, -0.25) is 14.4 Å². The van der Waals surface area contributed by atoms with Crippen molar-refractivity contribution < 1.29 is 53.9 Å². The van der Waals surface area contributed by atoms with Crippen molar-refractivity contribution in [3.05, 3.63) is 60.2 Å². The van der Waals surface area contributed by atoms with Gasteiger partial charge < -0.3 is 50.6 Å². The van der Waals surface area contributed by atoms with Crippen molar-refractivity contribution in [1.82, 2.24) is 16.0 Å². The molecular formula is C30H37N3O11. The van der Waals surface area contributed by atoms with Crippen LogP contribution in [0, 0.1) is 0 Å². The van der Waals surface area contributed by atoms with Crippen molar-refractivity contribution in [3.8, 4) is 11.1 Å². The lowest BCUT2D eigenvalue weighted by atomic mass is 9.88. The first-order chi connectivity index (χ1) is 21.0. The average molecular weight is 616 g/mol. The zero-order chi connectivity index (χ0) is 32.3. The molecular weight excluding hydrogens is 578 g/mol. The van der Waals surface area contributed by atoms with E-state index < -0.39 is 79.5 Å². The third kappa shape index (κ3) is 9.14. The molecule has 0 aromatic heterocycles. The third-order valence-corrected chi connectivity index (χ3v) is 6.98. The third-order valence-electron chi connectivity index (χ3n) is 6.98. The number of hydrogen-bond acceptors (Lipinski definition) is 10. The van der Waals surface area contributed by atoms with E-state index in [0.29, 0.717) is 12.7 Å².